The molecule has 4 rings (SSSR count). The Kier molecular flexibility index (Phi) is 7.68. The van der Waals surface area contributed by atoms with Gasteiger partial charge in [-0.15, -0.1) is 0 Å². The maximum atomic E-state index is 13.5. The van der Waals surface area contributed by atoms with Crippen LogP contribution in [0.15, 0.2) is 47.5 Å². The van der Waals surface area contributed by atoms with Gasteiger partial charge >= 0.3 is 0 Å². The van der Waals surface area contributed by atoms with E-state index in [2.05, 4.69) is 0 Å². The first-order valence-corrected chi connectivity index (χ1v) is 12.5. The third-order valence-electron chi connectivity index (χ3n) is 6.58. The molecule has 0 radical (unpaired) electrons. The number of hydrogen-bond donors (Lipinski definition) is 0. The number of likely N-dealkylation sites (tertiary alicyclic amines) is 1. The monoisotopic (exact) mass is 478 g/mol. The van der Waals surface area contributed by atoms with Crippen LogP contribution in [0.25, 0.3) is 0 Å². The number of nitrogens with zero attached hydrogens (tertiary/aromatic N) is 4. The van der Waals surface area contributed by atoms with E-state index in [4.69, 9.17) is 0 Å². The fourth-order valence-corrected chi connectivity index (χ4v) is 4.80. The number of aromatic nitrogens is 1. The molecule has 0 N–H and O–H groups in total. The Balaban J connectivity index is 1.61. The van der Waals surface area contributed by atoms with Crippen LogP contribution in [0.4, 0.5) is 5.69 Å². The van der Waals surface area contributed by atoms with E-state index >= 15 is 0 Å². The van der Waals surface area contributed by atoms with Crippen LogP contribution in [0.5, 0.6) is 0 Å². The van der Waals surface area contributed by atoms with E-state index in [1.54, 1.807) is 20.6 Å². The zero-order valence-corrected chi connectivity index (χ0v) is 20.6. The fourth-order valence-electron chi connectivity index (χ4n) is 4.80. The van der Waals surface area contributed by atoms with Crippen LogP contribution < -0.4 is 10.3 Å². The van der Waals surface area contributed by atoms with Crippen molar-refractivity contribution in [3.63, 3.8) is 0 Å². The third kappa shape index (κ3) is 5.63. The molecular formula is C27H34N4O4. The van der Waals surface area contributed by atoms with Gasteiger partial charge in [0.1, 0.15) is 17.7 Å². The first-order valence-electron chi connectivity index (χ1n) is 12.5. The van der Waals surface area contributed by atoms with Crippen molar-refractivity contribution in [3.8, 4) is 0 Å². The second-order valence-corrected chi connectivity index (χ2v) is 9.82. The molecular weight excluding hydrogens is 444 g/mol. The molecule has 0 spiro atoms. The number of piperazine rings is 1. The highest BCUT2D eigenvalue weighted by atomic mass is 16.2. The van der Waals surface area contributed by atoms with Crippen LogP contribution in [0.2, 0.25) is 0 Å². The van der Waals surface area contributed by atoms with Crippen molar-refractivity contribution in [2.45, 2.75) is 46.1 Å². The second kappa shape index (κ2) is 10.9. The maximum absolute atomic E-state index is 13.5. The Hall–Kier alpha value is -3.42. The number of anilines is 1. The maximum Gasteiger partial charge on any atom is 0.259 e. The molecule has 2 aliphatic heterocycles. The van der Waals surface area contributed by atoms with Gasteiger partial charge in [-0.1, -0.05) is 44.9 Å². The molecule has 2 aliphatic rings. The summed E-state index contributed by atoms with van der Waals surface area (Å²) >= 11 is 0. The molecule has 0 bridgehead atoms. The van der Waals surface area contributed by atoms with Crippen LogP contribution >= 0.6 is 0 Å². The third-order valence-corrected chi connectivity index (χ3v) is 6.58. The number of carbonyl (C=O) groups is 3. The van der Waals surface area contributed by atoms with Crippen molar-refractivity contribution in [2.75, 3.05) is 37.6 Å². The quantitative estimate of drug-likeness (QED) is 0.662. The Bertz CT molecular complexity index is 1130. The molecule has 3 amide bonds. The van der Waals surface area contributed by atoms with Gasteiger partial charge in [0.15, 0.2) is 0 Å². The summed E-state index contributed by atoms with van der Waals surface area (Å²) in [6, 6.07) is 9.33. The Morgan fingerprint density at radius 1 is 0.800 bits per heavy atom. The van der Waals surface area contributed by atoms with Gasteiger partial charge in [0.25, 0.3) is 11.8 Å². The molecule has 0 saturated carbocycles. The molecule has 2 saturated heterocycles. The molecule has 2 aromatic rings. The average molecular weight is 479 g/mol. The van der Waals surface area contributed by atoms with Gasteiger partial charge < -0.3 is 19.3 Å². The van der Waals surface area contributed by atoms with Crippen LogP contribution in [-0.2, 0) is 11.3 Å². The lowest BCUT2D eigenvalue weighted by molar-refractivity contribution is -0.120. The summed E-state index contributed by atoms with van der Waals surface area (Å²) in [4.78, 5) is 57.9. The van der Waals surface area contributed by atoms with E-state index in [9.17, 15) is 19.2 Å². The summed E-state index contributed by atoms with van der Waals surface area (Å²) in [6.07, 6.45) is 7.10. The lowest BCUT2D eigenvalue weighted by Crippen LogP contribution is -2.53. The molecule has 0 unspecified atom stereocenters. The van der Waals surface area contributed by atoms with Crippen LogP contribution in [-0.4, -0.2) is 64.8 Å². The largest absolute Gasteiger partial charge is 0.352 e. The number of rotatable bonds is 5. The molecule has 2 fully saturated rings. The van der Waals surface area contributed by atoms with E-state index in [-0.39, 0.29) is 35.4 Å². The molecule has 8 heteroatoms. The number of hydrogen-bond acceptors (Lipinski definition) is 4. The van der Waals surface area contributed by atoms with Crippen molar-refractivity contribution in [2.24, 2.45) is 5.92 Å². The van der Waals surface area contributed by atoms with E-state index in [1.165, 1.54) is 11.1 Å². The minimum Gasteiger partial charge on any atom is -0.352 e. The predicted molar refractivity (Wildman–Crippen MR) is 135 cm³/mol. The number of carbonyl (C=O) groups excluding carboxylic acids is 3. The highest BCUT2D eigenvalue weighted by molar-refractivity contribution is 6.03. The zero-order valence-electron chi connectivity index (χ0n) is 20.6. The minimum absolute atomic E-state index is 0.0349. The Morgan fingerprint density at radius 3 is 1.97 bits per heavy atom. The van der Waals surface area contributed by atoms with E-state index in [1.807, 2.05) is 44.2 Å². The summed E-state index contributed by atoms with van der Waals surface area (Å²) in [5.74, 6) is -0.749. The lowest BCUT2D eigenvalue weighted by atomic mass is 10.1. The lowest BCUT2D eigenvalue weighted by Gasteiger charge is -2.34. The van der Waals surface area contributed by atoms with Gasteiger partial charge in [0.05, 0.1) is 0 Å². The van der Waals surface area contributed by atoms with E-state index in [0.717, 1.165) is 31.4 Å². The predicted octanol–water partition coefficient (Wildman–Crippen LogP) is 3.01. The summed E-state index contributed by atoms with van der Waals surface area (Å²) in [5, 5.41) is 0. The summed E-state index contributed by atoms with van der Waals surface area (Å²) in [5.41, 5.74) is 0.219. The first kappa shape index (κ1) is 24.7. The van der Waals surface area contributed by atoms with Gasteiger partial charge in [-0.05, 0) is 30.9 Å². The normalized spacial score (nSPS) is 17.0. The molecule has 35 heavy (non-hydrogen) atoms. The smallest absolute Gasteiger partial charge is 0.259 e. The standard InChI is InChI=1S/C27H34N4O4/c1-20(2)16-28-17-22(26(34)29-12-8-3-4-9-13-29)25(33)23(18-28)27(35)30-14-15-31(24(32)19-30)21-10-6-5-7-11-21/h5-7,10-11,17-18,20H,3-4,8-9,12-16,19H2,1-2H3. The molecule has 8 nitrogen and oxygen atoms in total. The fraction of sp³-hybridized carbons (Fsp3) is 0.481. The minimum atomic E-state index is -0.554. The van der Waals surface area contributed by atoms with Crippen molar-refractivity contribution < 1.29 is 14.4 Å². The van der Waals surface area contributed by atoms with Crippen LogP contribution in [0, 0.1) is 5.92 Å². The molecule has 1 aromatic heterocycles. The van der Waals surface area contributed by atoms with Crippen LogP contribution in [0.3, 0.4) is 0 Å². The number of amides is 3. The second-order valence-electron chi connectivity index (χ2n) is 9.82. The van der Waals surface area contributed by atoms with Crippen molar-refractivity contribution in [3.05, 3.63) is 64.1 Å². The number of pyridine rings is 1. The molecule has 0 aliphatic carbocycles. The van der Waals surface area contributed by atoms with Gasteiger partial charge in [0.2, 0.25) is 11.3 Å². The molecule has 186 valence electrons. The number of benzene rings is 1. The Labute approximate surface area is 206 Å². The molecule has 3 heterocycles. The highest BCUT2D eigenvalue weighted by Gasteiger charge is 2.31. The molecule has 1 aromatic carbocycles. The summed E-state index contributed by atoms with van der Waals surface area (Å²) < 4.78 is 1.77. The zero-order chi connectivity index (χ0) is 24.9. The van der Waals surface area contributed by atoms with Gasteiger partial charge in [-0.2, -0.15) is 0 Å². The SMILES string of the molecule is CC(C)Cn1cc(C(=O)N2CCCCCC2)c(=O)c(C(=O)N2CCN(c3ccccc3)C(=O)C2)c1. The average Bonchev–Trinajstić information content (AvgIpc) is 3.14. The number of para-hydroxylation sites is 1. The highest BCUT2D eigenvalue weighted by Crippen LogP contribution is 2.18. The summed E-state index contributed by atoms with van der Waals surface area (Å²) in [6.45, 7) is 6.44. The van der Waals surface area contributed by atoms with Crippen molar-refractivity contribution >= 4 is 23.4 Å². The first-order chi connectivity index (χ1) is 16.8. The topological polar surface area (TPSA) is 82.9 Å². The summed E-state index contributed by atoms with van der Waals surface area (Å²) in [7, 11) is 0. The van der Waals surface area contributed by atoms with Gasteiger partial charge in [-0.3, -0.25) is 19.2 Å². The van der Waals surface area contributed by atoms with Gasteiger partial charge in [0, 0.05) is 50.8 Å². The van der Waals surface area contributed by atoms with Crippen LogP contribution in [0.1, 0.15) is 60.2 Å². The molecule has 0 atom stereocenters. The van der Waals surface area contributed by atoms with Crippen molar-refractivity contribution in [1.29, 1.82) is 0 Å². The Morgan fingerprint density at radius 2 is 1.40 bits per heavy atom. The van der Waals surface area contributed by atoms with E-state index in [0.29, 0.717) is 32.7 Å². The van der Waals surface area contributed by atoms with E-state index < -0.39 is 11.3 Å². The van der Waals surface area contributed by atoms with Gasteiger partial charge in [-0.25, -0.2) is 0 Å². The van der Waals surface area contributed by atoms with Crippen molar-refractivity contribution in [1.82, 2.24) is 14.4 Å².